The van der Waals surface area contributed by atoms with Crippen molar-refractivity contribution in [2.24, 2.45) is 5.73 Å². The average molecular weight is 498 g/mol. The van der Waals surface area contributed by atoms with Gasteiger partial charge in [-0.05, 0) is 52.3 Å². The molecule has 0 spiro atoms. The lowest BCUT2D eigenvalue weighted by Gasteiger charge is -2.31. The van der Waals surface area contributed by atoms with E-state index < -0.39 is 17.4 Å². The summed E-state index contributed by atoms with van der Waals surface area (Å²) in [6, 6.07) is 26.1. The molecule has 2 amide bonds. The largest absolute Gasteiger partial charge is 0.368 e. The van der Waals surface area contributed by atoms with Crippen molar-refractivity contribution in [1.29, 1.82) is 0 Å². The maximum atomic E-state index is 13.5. The van der Waals surface area contributed by atoms with Gasteiger partial charge in [0.1, 0.15) is 6.04 Å². The first-order valence-corrected chi connectivity index (χ1v) is 10.5. The van der Waals surface area contributed by atoms with Crippen LogP contribution < -0.4 is 11.1 Å². The molecule has 148 valence electrons. The molecule has 4 nitrogen and oxygen atoms in total. The first kappa shape index (κ1) is 21.0. The summed E-state index contributed by atoms with van der Waals surface area (Å²) in [6.45, 7) is 1.87. The van der Waals surface area contributed by atoms with Crippen LogP contribution in [0.25, 0.3) is 0 Å². The van der Waals surface area contributed by atoms with Crippen LogP contribution in [0.5, 0.6) is 0 Å². The van der Waals surface area contributed by atoms with Gasteiger partial charge in [-0.1, -0.05) is 78.9 Å². The number of benzene rings is 3. The van der Waals surface area contributed by atoms with Crippen molar-refractivity contribution in [1.82, 2.24) is 5.32 Å². The van der Waals surface area contributed by atoms with Crippen LogP contribution in [0.1, 0.15) is 23.6 Å². The van der Waals surface area contributed by atoms with Gasteiger partial charge in [-0.25, -0.2) is 0 Å². The summed E-state index contributed by atoms with van der Waals surface area (Å²) in [4.78, 5) is 25.7. The fourth-order valence-electron chi connectivity index (χ4n) is 3.38. The number of rotatable bonds is 7. The first-order valence-electron chi connectivity index (χ1n) is 9.37. The lowest BCUT2D eigenvalue weighted by molar-refractivity contribution is -0.129. The Labute approximate surface area is 184 Å². The molecule has 0 bridgehead atoms. The third kappa shape index (κ3) is 4.67. The van der Waals surface area contributed by atoms with Crippen LogP contribution in [-0.4, -0.2) is 17.9 Å². The number of hydrogen-bond acceptors (Lipinski definition) is 2. The molecule has 3 aromatic carbocycles. The van der Waals surface area contributed by atoms with Crippen LogP contribution in [0, 0.1) is 3.57 Å². The predicted molar refractivity (Wildman–Crippen MR) is 123 cm³/mol. The van der Waals surface area contributed by atoms with Crippen LogP contribution in [0.15, 0.2) is 84.9 Å². The van der Waals surface area contributed by atoms with Gasteiger partial charge in [0.05, 0.1) is 5.41 Å². The number of carbonyl (C=O) groups excluding carboxylic acids is 2. The van der Waals surface area contributed by atoms with E-state index in [4.69, 9.17) is 5.73 Å². The number of primary amides is 1. The summed E-state index contributed by atoms with van der Waals surface area (Å²) in [5.74, 6) is -0.814. The van der Waals surface area contributed by atoms with Crippen LogP contribution >= 0.6 is 22.6 Å². The molecular weight excluding hydrogens is 475 g/mol. The SMILES string of the molecule is CC(C(=O)N[C@H](Cc1ccccc1I)C(N)=O)(c1ccccc1)c1ccccc1. The minimum atomic E-state index is -0.958. The second-order valence-electron chi connectivity index (χ2n) is 7.08. The van der Waals surface area contributed by atoms with Crippen molar-refractivity contribution < 1.29 is 9.59 Å². The number of carbonyl (C=O) groups is 2. The van der Waals surface area contributed by atoms with Gasteiger partial charge < -0.3 is 11.1 Å². The van der Waals surface area contributed by atoms with E-state index in [1.165, 1.54) is 0 Å². The summed E-state index contributed by atoms with van der Waals surface area (Å²) < 4.78 is 1.03. The maximum Gasteiger partial charge on any atom is 0.240 e. The smallest absolute Gasteiger partial charge is 0.240 e. The van der Waals surface area contributed by atoms with E-state index in [2.05, 4.69) is 27.9 Å². The van der Waals surface area contributed by atoms with Crippen molar-refractivity contribution in [2.75, 3.05) is 0 Å². The Balaban J connectivity index is 1.95. The highest BCUT2D eigenvalue weighted by Gasteiger charge is 2.38. The Bertz CT molecular complexity index is 951. The molecule has 0 saturated heterocycles. The second kappa shape index (κ2) is 9.22. The van der Waals surface area contributed by atoms with Crippen molar-refractivity contribution in [3.63, 3.8) is 0 Å². The molecule has 1 atom stereocenters. The van der Waals surface area contributed by atoms with Crippen LogP contribution in [0.3, 0.4) is 0 Å². The fourth-order valence-corrected chi connectivity index (χ4v) is 3.99. The molecule has 3 N–H and O–H groups in total. The molecule has 0 heterocycles. The zero-order chi connectivity index (χ0) is 20.9. The molecule has 29 heavy (non-hydrogen) atoms. The minimum Gasteiger partial charge on any atom is -0.368 e. The highest BCUT2D eigenvalue weighted by molar-refractivity contribution is 14.1. The van der Waals surface area contributed by atoms with Gasteiger partial charge in [-0.2, -0.15) is 0 Å². The standard InChI is InChI=1S/C24H23IN2O2/c1-24(18-11-4-2-5-12-18,19-13-6-3-7-14-19)23(29)27-21(22(26)28)16-17-10-8-9-15-20(17)25/h2-15,21H,16H2,1H3,(H2,26,28)(H,27,29)/t21-/m1/s1. The van der Waals surface area contributed by atoms with E-state index in [0.29, 0.717) is 6.42 Å². The fraction of sp³-hybridized carbons (Fsp3) is 0.167. The normalized spacial score (nSPS) is 12.2. The van der Waals surface area contributed by atoms with Crippen LogP contribution in [0.2, 0.25) is 0 Å². The van der Waals surface area contributed by atoms with Crippen molar-refractivity contribution in [2.45, 2.75) is 24.8 Å². The monoisotopic (exact) mass is 498 g/mol. The molecule has 0 aromatic heterocycles. The Morgan fingerprint density at radius 3 is 1.86 bits per heavy atom. The highest BCUT2D eigenvalue weighted by atomic mass is 127. The lowest BCUT2D eigenvalue weighted by Crippen LogP contribution is -2.52. The Morgan fingerprint density at radius 1 is 0.897 bits per heavy atom. The van der Waals surface area contributed by atoms with E-state index in [1.54, 1.807) is 0 Å². The van der Waals surface area contributed by atoms with Gasteiger partial charge in [-0.15, -0.1) is 0 Å². The summed E-state index contributed by atoms with van der Waals surface area (Å²) in [7, 11) is 0. The van der Waals surface area contributed by atoms with Gasteiger partial charge in [0.15, 0.2) is 0 Å². The van der Waals surface area contributed by atoms with Crippen molar-refractivity contribution in [3.8, 4) is 0 Å². The molecule has 0 radical (unpaired) electrons. The number of nitrogens with one attached hydrogen (secondary N) is 1. The van der Waals surface area contributed by atoms with Gasteiger partial charge in [0, 0.05) is 9.99 Å². The minimum absolute atomic E-state index is 0.260. The third-order valence-corrected chi connectivity index (χ3v) is 6.24. The molecule has 0 aliphatic carbocycles. The Hall–Kier alpha value is -2.67. The number of hydrogen-bond donors (Lipinski definition) is 2. The molecule has 3 rings (SSSR count). The van der Waals surface area contributed by atoms with Crippen LogP contribution in [-0.2, 0) is 21.4 Å². The topological polar surface area (TPSA) is 72.2 Å². The quantitative estimate of drug-likeness (QED) is 0.487. The molecule has 0 fully saturated rings. The third-order valence-electron chi connectivity index (χ3n) is 5.19. The molecule has 3 aromatic rings. The van der Waals surface area contributed by atoms with Gasteiger partial charge >= 0.3 is 0 Å². The predicted octanol–water partition coefficient (Wildman–Crippen LogP) is 3.81. The summed E-state index contributed by atoms with van der Waals surface area (Å²) in [6.07, 6.45) is 0.347. The molecule has 0 aliphatic heterocycles. The Kier molecular flexibility index (Phi) is 6.69. The van der Waals surface area contributed by atoms with Gasteiger partial charge in [0.25, 0.3) is 0 Å². The van der Waals surface area contributed by atoms with E-state index in [9.17, 15) is 9.59 Å². The Morgan fingerprint density at radius 2 is 1.38 bits per heavy atom. The lowest BCUT2D eigenvalue weighted by atomic mass is 9.75. The van der Waals surface area contributed by atoms with E-state index in [0.717, 1.165) is 20.3 Å². The van der Waals surface area contributed by atoms with Crippen molar-refractivity contribution >= 4 is 34.4 Å². The molecule has 0 saturated carbocycles. The van der Waals surface area contributed by atoms with E-state index >= 15 is 0 Å². The zero-order valence-electron chi connectivity index (χ0n) is 16.1. The molecule has 0 aliphatic rings. The van der Waals surface area contributed by atoms with Crippen LogP contribution in [0.4, 0.5) is 0 Å². The molecule has 5 heteroatoms. The molecule has 0 unspecified atom stereocenters. The van der Waals surface area contributed by atoms with Gasteiger partial charge in [-0.3, -0.25) is 9.59 Å². The average Bonchev–Trinajstić information content (AvgIpc) is 2.75. The summed E-state index contributed by atoms with van der Waals surface area (Å²) >= 11 is 2.22. The number of nitrogens with two attached hydrogens (primary N) is 1. The van der Waals surface area contributed by atoms with Crippen molar-refractivity contribution in [3.05, 3.63) is 105 Å². The van der Waals surface area contributed by atoms with E-state index in [1.807, 2.05) is 91.9 Å². The molecular formula is C24H23IN2O2. The number of amides is 2. The first-order chi connectivity index (χ1) is 13.9. The summed E-state index contributed by atoms with van der Waals surface area (Å²) in [5, 5.41) is 2.91. The zero-order valence-corrected chi connectivity index (χ0v) is 18.3. The highest BCUT2D eigenvalue weighted by Crippen LogP contribution is 2.32. The van der Waals surface area contributed by atoms with E-state index in [-0.39, 0.29) is 5.91 Å². The summed E-state index contributed by atoms with van der Waals surface area (Å²) in [5.41, 5.74) is 7.36. The van der Waals surface area contributed by atoms with Gasteiger partial charge in [0.2, 0.25) is 11.8 Å². The maximum absolute atomic E-state index is 13.5. The number of halogens is 1. The second-order valence-corrected chi connectivity index (χ2v) is 8.24.